The summed E-state index contributed by atoms with van der Waals surface area (Å²) >= 11 is 8.05. The van der Waals surface area contributed by atoms with E-state index in [0.717, 1.165) is 11.4 Å². The Morgan fingerprint density at radius 2 is 2.29 bits per heavy atom. The summed E-state index contributed by atoms with van der Waals surface area (Å²) in [6, 6.07) is 3.68. The van der Waals surface area contributed by atoms with E-state index in [9.17, 15) is 4.79 Å². The number of hydrogen-bond acceptors (Lipinski definition) is 4. The molecule has 0 atom stereocenters. The summed E-state index contributed by atoms with van der Waals surface area (Å²) < 4.78 is 1.59. The van der Waals surface area contributed by atoms with Crippen molar-refractivity contribution in [3.05, 3.63) is 35.4 Å². The van der Waals surface area contributed by atoms with E-state index in [1.807, 2.05) is 25.3 Å². The molecule has 0 aliphatic heterocycles. The standard InChI is InChI=1S/C14H17ClN4OS/c1-10-13(18(2)12(20)6-8-21-3)14(15)19(17-10)11-5-4-7-16-9-11/h4-5,7,9H,6,8H2,1-3H3. The first kappa shape index (κ1) is 15.9. The fraction of sp³-hybridized carbons (Fsp3) is 0.357. The third-order valence-corrected chi connectivity index (χ3v) is 4.05. The fourth-order valence-corrected chi connectivity index (χ4v) is 2.78. The Labute approximate surface area is 133 Å². The first-order chi connectivity index (χ1) is 10.1. The summed E-state index contributed by atoms with van der Waals surface area (Å²) in [6.45, 7) is 1.84. The second-order valence-electron chi connectivity index (χ2n) is 4.54. The van der Waals surface area contributed by atoms with E-state index in [1.54, 1.807) is 40.8 Å². The lowest BCUT2D eigenvalue weighted by atomic mass is 10.3. The molecule has 21 heavy (non-hydrogen) atoms. The molecule has 0 radical (unpaired) electrons. The Bertz CT molecular complexity index is 629. The minimum atomic E-state index is 0.0279. The molecule has 0 bridgehead atoms. The summed E-state index contributed by atoms with van der Waals surface area (Å²) in [7, 11) is 1.73. The van der Waals surface area contributed by atoms with Crippen molar-refractivity contribution in [3.8, 4) is 5.69 Å². The molecule has 0 saturated carbocycles. The molecular formula is C14H17ClN4OS. The van der Waals surface area contributed by atoms with Crippen molar-refractivity contribution < 1.29 is 4.79 Å². The Balaban J connectivity index is 2.34. The summed E-state index contributed by atoms with van der Waals surface area (Å²) in [5.41, 5.74) is 2.12. The lowest BCUT2D eigenvalue weighted by molar-refractivity contribution is -0.117. The van der Waals surface area contributed by atoms with Gasteiger partial charge in [-0.2, -0.15) is 16.9 Å². The van der Waals surface area contributed by atoms with Crippen molar-refractivity contribution in [3.63, 3.8) is 0 Å². The quantitative estimate of drug-likeness (QED) is 0.848. The van der Waals surface area contributed by atoms with Gasteiger partial charge in [0.25, 0.3) is 0 Å². The second kappa shape index (κ2) is 6.95. The molecule has 2 aromatic rings. The zero-order valence-corrected chi connectivity index (χ0v) is 13.8. The van der Waals surface area contributed by atoms with Crippen LogP contribution in [0.2, 0.25) is 5.15 Å². The Morgan fingerprint density at radius 1 is 1.52 bits per heavy atom. The Morgan fingerprint density at radius 3 is 2.90 bits per heavy atom. The smallest absolute Gasteiger partial charge is 0.227 e. The SMILES string of the molecule is CSCCC(=O)N(C)c1c(C)nn(-c2cccnc2)c1Cl. The predicted molar refractivity (Wildman–Crippen MR) is 87.5 cm³/mol. The number of pyridine rings is 1. The minimum Gasteiger partial charge on any atom is -0.311 e. The molecule has 0 aliphatic carbocycles. The molecule has 7 heteroatoms. The van der Waals surface area contributed by atoms with Gasteiger partial charge in [0.05, 0.1) is 17.6 Å². The number of carbonyl (C=O) groups excluding carboxylic acids is 1. The van der Waals surface area contributed by atoms with Crippen molar-refractivity contribution in [1.29, 1.82) is 0 Å². The van der Waals surface area contributed by atoms with Gasteiger partial charge in [0.2, 0.25) is 5.91 Å². The largest absolute Gasteiger partial charge is 0.311 e. The monoisotopic (exact) mass is 324 g/mol. The highest BCUT2D eigenvalue weighted by Crippen LogP contribution is 2.31. The van der Waals surface area contributed by atoms with Crippen LogP contribution >= 0.6 is 23.4 Å². The molecule has 0 N–H and O–H groups in total. The van der Waals surface area contributed by atoms with Gasteiger partial charge in [-0.1, -0.05) is 11.6 Å². The molecule has 0 aromatic carbocycles. The number of thioether (sulfide) groups is 1. The Hall–Kier alpha value is -1.53. The number of amides is 1. The third kappa shape index (κ3) is 3.39. The van der Waals surface area contributed by atoms with Gasteiger partial charge in [-0.15, -0.1) is 0 Å². The highest BCUT2D eigenvalue weighted by atomic mass is 35.5. The zero-order valence-electron chi connectivity index (χ0n) is 12.2. The molecular weight excluding hydrogens is 308 g/mol. The number of aryl methyl sites for hydroxylation is 1. The summed E-state index contributed by atoms with van der Waals surface area (Å²) in [6.07, 6.45) is 5.82. The van der Waals surface area contributed by atoms with Gasteiger partial charge >= 0.3 is 0 Å². The molecule has 0 aliphatic rings. The first-order valence-electron chi connectivity index (χ1n) is 6.47. The molecule has 2 rings (SSSR count). The van der Waals surface area contributed by atoms with Crippen LogP contribution < -0.4 is 4.90 Å². The number of aromatic nitrogens is 3. The van der Waals surface area contributed by atoms with E-state index < -0.39 is 0 Å². The van der Waals surface area contributed by atoms with Crippen LogP contribution in [0.5, 0.6) is 0 Å². The molecule has 2 heterocycles. The van der Waals surface area contributed by atoms with Crippen LogP contribution in [0.15, 0.2) is 24.5 Å². The zero-order chi connectivity index (χ0) is 15.4. The number of carbonyl (C=O) groups is 1. The number of anilines is 1. The third-order valence-electron chi connectivity index (χ3n) is 3.09. The number of rotatable bonds is 5. The summed E-state index contributed by atoms with van der Waals surface area (Å²) in [4.78, 5) is 17.8. The Kier molecular flexibility index (Phi) is 5.25. The van der Waals surface area contributed by atoms with Crippen LogP contribution in [0.4, 0.5) is 5.69 Å². The molecule has 1 amide bonds. The maximum atomic E-state index is 12.2. The number of halogens is 1. The van der Waals surface area contributed by atoms with Gasteiger partial charge in [0.1, 0.15) is 5.69 Å². The van der Waals surface area contributed by atoms with E-state index in [0.29, 0.717) is 23.0 Å². The number of hydrogen-bond donors (Lipinski definition) is 0. The highest BCUT2D eigenvalue weighted by Gasteiger charge is 2.21. The van der Waals surface area contributed by atoms with Crippen molar-refractivity contribution in [2.75, 3.05) is 24.0 Å². The maximum Gasteiger partial charge on any atom is 0.227 e. The highest BCUT2D eigenvalue weighted by molar-refractivity contribution is 7.98. The van der Waals surface area contributed by atoms with E-state index in [-0.39, 0.29) is 5.91 Å². The van der Waals surface area contributed by atoms with E-state index in [1.165, 1.54) is 0 Å². The first-order valence-corrected chi connectivity index (χ1v) is 8.24. The van der Waals surface area contributed by atoms with Gasteiger partial charge in [-0.25, -0.2) is 4.68 Å². The van der Waals surface area contributed by atoms with Crippen LogP contribution in [0.25, 0.3) is 5.69 Å². The maximum absolute atomic E-state index is 12.2. The number of nitrogens with zero attached hydrogens (tertiary/aromatic N) is 4. The van der Waals surface area contributed by atoms with Gasteiger partial charge in [-0.05, 0) is 25.3 Å². The van der Waals surface area contributed by atoms with Crippen LogP contribution in [-0.4, -0.2) is 39.7 Å². The molecule has 0 saturated heterocycles. The fourth-order valence-electron chi connectivity index (χ4n) is 2.00. The van der Waals surface area contributed by atoms with E-state index >= 15 is 0 Å². The molecule has 0 spiro atoms. The van der Waals surface area contributed by atoms with Crippen molar-refractivity contribution in [2.24, 2.45) is 0 Å². The van der Waals surface area contributed by atoms with Crippen LogP contribution in [0.1, 0.15) is 12.1 Å². The molecule has 0 fully saturated rings. The molecule has 5 nitrogen and oxygen atoms in total. The van der Waals surface area contributed by atoms with E-state index in [4.69, 9.17) is 11.6 Å². The van der Waals surface area contributed by atoms with Crippen molar-refractivity contribution in [2.45, 2.75) is 13.3 Å². The average Bonchev–Trinajstić information content (AvgIpc) is 2.80. The van der Waals surface area contributed by atoms with E-state index in [2.05, 4.69) is 10.1 Å². The van der Waals surface area contributed by atoms with Crippen molar-refractivity contribution >= 4 is 35.0 Å². The topological polar surface area (TPSA) is 51.0 Å². The van der Waals surface area contributed by atoms with Gasteiger partial charge < -0.3 is 4.90 Å². The van der Waals surface area contributed by atoms with Crippen molar-refractivity contribution in [1.82, 2.24) is 14.8 Å². The van der Waals surface area contributed by atoms with Crippen LogP contribution in [-0.2, 0) is 4.79 Å². The average molecular weight is 325 g/mol. The van der Waals surface area contributed by atoms with Crippen LogP contribution in [0, 0.1) is 6.92 Å². The minimum absolute atomic E-state index is 0.0279. The van der Waals surface area contributed by atoms with Gasteiger partial charge in [-0.3, -0.25) is 9.78 Å². The molecule has 112 valence electrons. The lowest BCUT2D eigenvalue weighted by Crippen LogP contribution is -2.27. The van der Waals surface area contributed by atoms with Gasteiger partial charge in [0, 0.05) is 25.4 Å². The predicted octanol–water partition coefficient (Wildman–Crippen LogP) is 2.95. The lowest BCUT2D eigenvalue weighted by Gasteiger charge is -2.16. The molecule has 0 unspecified atom stereocenters. The second-order valence-corrected chi connectivity index (χ2v) is 5.89. The summed E-state index contributed by atoms with van der Waals surface area (Å²) in [5, 5.41) is 4.83. The molecule has 2 aromatic heterocycles. The van der Waals surface area contributed by atoms with Gasteiger partial charge in [0.15, 0.2) is 5.15 Å². The van der Waals surface area contributed by atoms with Crippen LogP contribution in [0.3, 0.4) is 0 Å². The summed E-state index contributed by atoms with van der Waals surface area (Å²) in [5.74, 6) is 0.816. The normalized spacial score (nSPS) is 10.7.